The molecule has 1 atom stereocenters. The van der Waals surface area contributed by atoms with Gasteiger partial charge in [0.05, 0.1) is 18.6 Å². The molecule has 10 nitrogen and oxygen atoms in total. The van der Waals surface area contributed by atoms with Gasteiger partial charge in [0.25, 0.3) is 5.69 Å². The normalized spacial score (nSPS) is 12.2. The molecule has 0 radical (unpaired) electrons. The van der Waals surface area contributed by atoms with Crippen LogP contribution in [0.2, 0.25) is 0 Å². The molecule has 0 aliphatic rings. The van der Waals surface area contributed by atoms with Gasteiger partial charge in [-0.1, -0.05) is 0 Å². The Hall–Kier alpha value is -2.72. The second-order valence-electron chi connectivity index (χ2n) is 5.54. The Morgan fingerprint density at radius 3 is 2.40 bits per heavy atom. The number of hydrogen-bond donors (Lipinski definition) is 2. The second-order valence-corrected chi connectivity index (χ2v) is 5.54. The minimum atomic E-state index is -1.19. The van der Waals surface area contributed by atoms with Gasteiger partial charge in [-0.05, 0) is 20.2 Å². The van der Waals surface area contributed by atoms with Crippen LogP contribution in [0.25, 0.3) is 0 Å². The topological polar surface area (TPSA) is 133 Å². The molecule has 138 valence electrons. The van der Waals surface area contributed by atoms with E-state index in [9.17, 15) is 24.8 Å². The van der Waals surface area contributed by atoms with E-state index in [4.69, 9.17) is 9.84 Å². The number of aliphatic carboxylic acids is 2. The highest BCUT2D eigenvalue weighted by Crippen LogP contribution is 2.32. The van der Waals surface area contributed by atoms with Crippen molar-refractivity contribution in [2.45, 2.75) is 6.04 Å². The van der Waals surface area contributed by atoms with Crippen LogP contribution in [-0.4, -0.2) is 77.7 Å². The van der Waals surface area contributed by atoms with Gasteiger partial charge in [-0.25, -0.2) is 0 Å². The predicted molar refractivity (Wildman–Crippen MR) is 87.8 cm³/mol. The van der Waals surface area contributed by atoms with Crippen molar-refractivity contribution in [3.05, 3.63) is 33.9 Å². The summed E-state index contributed by atoms with van der Waals surface area (Å²) in [4.78, 5) is 35.8. The third-order valence-corrected chi connectivity index (χ3v) is 3.63. The molecule has 10 heteroatoms. The summed E-state index contributed by atoms with van der Waals surface area (Å²) >= 11 is 0. The van der Waals surface area contributed by atoms with Crippen LogP contribution in [0.4, 0.5) is 5.69 Å². The zero-order valence-electron chi connectivity index (χ0n) is 14.2. The van der Waals surface area contributed by atoms with Gasteiger partial charge in [0.1, 0.15) is 11.8 Å². The number of hydrogen-bond acceptors (Lipinski definition) is 7. The van der Waals surface area contributed by atoms with Gasteiger partial charge in [-0.3, -0.25) is 29.5 Å². The molecular formula is C15H21N3O7. The number of ether oxygens (including phenoxy) is 1. The van der Waals surface area contributed by atoms with Crippen LogP contribution in [0.3, 0.4) is 0 Å². The van der Waals surface area contributed by atoms with Gasteiger partial charge in [0.15, 0.2) is 0 Å². The SMILES string of the molecule is COc1ccc([N+](=O)[O-])cc1C(C(=O)O)N(C)CCN(C)CC(=O)O. The number of nitrogens with zero attached hydrogens (tertiary/aromatic N) is 3. The highest BCUT2D eigenvalue weighted by Gasteiger charge is 2.29. The van der Waals surface area contributed by atoms with E-state index in [-0.39, 0.29) is 30.1 Å². The van der Waals surface area contributed by atoms with Crippen molar-refractivity contribution in [2.24, 2.45) is 0 Å². The van der Waals surface area contributed by atoms with E-state index >= 15 is 0 Å². The van der Waals surface area contributed by atoms with E-state index < -0.39 is 22.9 Å². The lowest BCUT2D eigenvalue weighted by Crippen LogP contribution is -2.38. The highest BCUT2D eigenvalue weighted by atomic mass is 16.6. The standard InChI is InChI=1S/C15H21N3O7/c1-16(9-13(19)20)6-7-17(2)14(15(21)22)11-8-10(18(23)24)4-5-12(11)25-3/h4-5,8,14H,6-7,9H2,1-3H3,(H,19,20)(H,21,22). The number of benzene rings is 1. The number of carboxylic acid groups (broad SMARTS) is 2. The van der Waals surface area contributed by atoms with Gasteiger partial charge < -0.3 is 14.9 Å². The monoisotopic (exact) mass is 355 g/mol. The maximum Gasteiger partial charge on any atom is 0.325 e. The fraction of sp³-hybridized carbons (Fsp3) is 0.467. The molecule has 2 N–H and O–H groups in total. The van der Waals surface area contributed by atoms with Crippen LogP contribution in [0.15, 0.2) is 18.2 Å². The summed E-state index contributed by atoms with van der Waals surface area (Å²) in [6.07, 6.45) is 0. The Balaban J connectivity index is 3.06. The first kappa shape index (κ1) is 20.3. The molecule has 1 unspecified atom stereocenters. The molecule has 0 bridgehead atoms. The first-order chi connectivity index (χ1) is 11.7. The average molecular weight is 355 g/mol. The maximum absolute atomic E-state index is 11.7. The maximum atomic E-state index is 11.7. The molecule has 1 rings (SSSR count). The average Bonchev–Trinajstić information content (AvgIpc) is 2.52. The summed E-state index contributed by atoms with van der Waals surface area (Å²) < 4.78 is 5.14. The van der Waals surface area contributed by atoms with Crippen molar-refractivity contribution < 1.29 is 29.5 Å². The first-order valence-electron chi connectivity index (χ1n) is 7.33. The predicted octanol–water partition coefficient (Wildman–Crippen LogP) is 0.677. The Morgan fingerprint density at radius 1 is 1.28 bits per heavy atom. The summed E-state index contributed by atoms with van der Waals surface area (Å²) in [5.41, 5.74) is -0.0777. The number of rotatable bonds is 10. The lowest BCUT2D eigenvalue weighted by molar-refractivity contribution is -0.385. The van der Waals surface area contributed by atoms with Gasteiger partial charge in [-0.2, -0.15) is 0 Å². The molecule has 0 heterocycles. The minimum absolute atomic E-state index is 0.160. The Labute approximate surface area is 144 Å². The summed E-state index contributed by atoms with van der Waals surface area (Å²) in [7, 11) is 4.50. The summed E-state index contributed by atoms with van der Waals surface area (Å²) in [6, 6.07) is 2.60. The number of carboxylic acids is 2. The van der Waals surface area contributed by atoms with Crippen LogP contribution in [0, 0.1) is 10.1 Å². The van der Waals surface area contributed by atoms with Crippen LogP contribution in [0.5, 0.6) is 5.75 Å². The molecular weight excluding hydrogens is 334 g/mol. The van der Waals surface area contributed by atoms with Crippen molar-refractivity contribution in [2.75, 3.05) is 40.8 Å². The lowest BCUT2D eigenvalue weighted by atomic mass is 10.0. The number of non-ortho nitro benzene ring substituents is 1. The molecule has 0 saturated carbocycles. The minimum Gasteiger partial charge on any atom is -0.496 e. The van der Waals surface area contributed by atoms with E-state index in [2.05, 4.69) is 0 Å². The van der Waals surface area contributed by atoms with E-state index in [1.165, 1.54) is 35.1 Å². The zero-order valence-corrected chi connectivity index (χ0v) is 14.2. The van der Waals surface area contributed by atoms with Gasteiger partial charge in [0.2, 0.25) is 0 Å². The van der Waals surface area contributed by atoms with Gasteiger partial charge in [0, 0.05) is 30.8 Å². The van der Waals surface area contributed by atoms with Crippen molar-refractivity contribution >= 4 is 17.6 Å². The molecule has 0 saturated heterocycles. The molecule has 0 spiro atoms. The molecule has 1 aromatic rings. The quantitative estimate of drug-likeness (QED) is 0.459. The number of nitro groups is 1. The fourth-order valence-corrected chi connectivity index (χ4v) is 2.38. The smallest absolute Gasteiger partial charge is 0.325 e. The molecule has 0 amide bonds. The Morgan fingerprint density at radius 2 is 1.92 bits per heavy atom. The van der Waals surface area contributed by atoms with Crippen LogP contribution in [0.1, 0.15) is 11.6 Å². The Kier molecular flexibility index (Phi) is 7.27. The second kappa shape index (κ2) is 8.94. The number of methoxy groups -OCH3 is 1. The molecule has 0 aliphatic heterocycles. The summed E-state index contributed by atoms with van der Waals surface area (Å²) in [6.45, 7) is 0.377. The number of nitro benzene ring substituents is 1. The Bertz CT molecular complexity index is 650. The third kappa shape index (κ3) is 5.69. The molecule has 1 aromatic carbocycles. The van der Waals surface area contributed by atoms with Crippen molar-refractivity contribution in [3.63, 3.8) is 0 Å². The van der Waals surface area contributed by atoms with Crippen molar-refractivity contribution in [1.29, 1.82) is 0 Å². The van der Waals surface area contributed by atoms with Crippen LogP contribution >= 0.6 is 0 Å². The number of likely N-dealkylation sites (N-methyl/N-ethyl adjacent to an activating group) is 2. The van der Waals surface area contributed by atoms with E-state index in [0.717, 1.165) is 0 Å². The van der Waals surface area contributed by atoms with Crippen molar-refractivity contribution in [1.82, 2.24) is 9.80 Å². The van der Waals surface area contributed by atoms with E-state index in [1.807, 2.05) is 0 Å². The van der Waals surface area contributed by atoms with E-state index in [1.54, 1.807) is 14.1 Å². The third-order valence-electron chi connectivity index (χ3n) is 3.63. The van der Waals surface area contributed by atoms with Gasteiger partial charge in [-0.15, -0.1) is 0 Å². The first-order valence-corrected chi connectivity index (χ1v) is 7.33. The van der Waals surface area contributed by atoms with Crippen molar-refractivity contribution in [3.8, 4) is 5.75 Å². The molecule has 0 aliphatic carbocycles. The fourth-order valence-electron chi connectivity index (χ4n) is 2.38. The largest absolute Gasteiger partial charge is 0.496 e. The molecule has 0 aromatic heterocycles. The van der Waals surface area contributed by atoms with Gasteiger partial charge >= 0.3 is 11.9 Å². The van der Waals surface area contributed by atoms with Crippen LogP contribution < -0.4 is 4.74 Å². The zero-order chi connectivity index (χ0) is 19.1. The highest BCUT2D eigenvalue weighted by molar-refractivity contribution is 5.77. The van der Waals surface area contributed by atoms with E-state index in [0.29, 0.717) is 6.54 Å². The molecule has 25 heavy (non-hydrogen) atoms. The number of carbonyl (C=O) groups is 2. The van der Waals surface area contributed by atoms with Crippen LogP contribution in [-0.2, 0) is 9.59 Å². The summed E-state index contributed by atoms with van der Waals surface area (Å²) in [5.74, 6) is -1.95. The summed E-state index contributed by atoms with van der Waals surface area (Å²) in [5, 5.41) is 29.3. The lowest BCUT2D eigenvalue weighted by Gasteiger charge is -2.27. The molecule has 0 fully saturated rings.